The van der Waals surface area contributed by atoms with Crippen molar-refractivity contribution in [1.29, 1.82) is 0 Å². The molecule has 2 heterocycles. The van der Waals surface area contributed by atoms with E-state index in [0.717, 1.165) is 5.56 Å². The summed E-state index contributed by atoms with van der Waals surface area (Å²) in [6.45, 7) is 6.92. The topological polar surface area (TPSA) is 131 Å². The molecule has 0 radical (unpaired) electrons. The maximum atomic E-state index is 13.4. The van der Waals surface area contributed by atoms with E-state index in [1.807, 2.05) is 6.92 Å². The smallest absolute Gasteiger partial charge is 0.337 e. The first-order chi connectivity index (χ1) is 15.6. The number of hydrogen-bond acceptors (Lipinski definition) is 7. The van der Waals surface area contributed by atoms with Crippen LogP contribution in [0.5, 0.6) is 0 Å². The molecule has 3 rings (SSSR count). The number of carbonyl (C=O) groups is 3. The first kappa shape index (κ1) is 24.7. The highest BCUT2D eigenvalue weighted by atomic mass is 32.2. The van der Waals surface area contributed by atoms with Gasteiger partial charge in [-0.25, -0.2) is 18.0 Å². The van der Waals surface area contributed by atoms with Crippen LogP contribution < -0.4 is 10.6 Å². The van der Waals surface area contributed by atoms with Crippen molar-refractivity contribution >= 4 is 28.0 Å². The van der Waals surface area contributed by atoms with Gasteiger partial charge < -0.3 is 20.1 Å². The second-order valence-corrected chi connectivity index (χ2v) is 9.92. The van der Waals surface area contributed by atoms with Crippen LogP contribution in [0.2, 0.25) is 0 Å². The van der Waals surface area contributed by atoms with Gasteiger partial charge in [-0.3, -0.25) is 4.79 Å². The van der Waals surface area contributed by atoms with E-state index in [9.17, 15) is 22.8 Å². The van der Waals surface area contributed by atoms with Crippen LogP contribution in [0.3, 0.4) is 0 Å². The van der Waals surface area contributed by atoms with Crippen molar-refractivity contribution in [1.82, 2.24) is 14.9 Å². The average Bonchev–Trinajstić information content (AvgIpc) is 3.22. The first-order valence-corrected chi connectivity index (χ1v) is 12.2. The molecule has 2 aliphatic heterocycles. The minimum atomic E-state index is -3.93. The van der Waals surface area contributed by atoms with Crippen molar-refractivity contribution in [3.63, 3.8) is 0 Å². The van der Waals surface area contributed by atoms with Gasteiger partial charge in [0.15, 0.2) is 0 Å². The molecule has 2 N–H and O–H groups in total. The van der Waals surface area contributed by atoms with E-state index in [4.69, 9.17) is 9.47 Å². The monoisotopic (exact) mass is 479 g/mol. The lowest BCUT2D eigenvalue weighted by Crippen LogP contribution is -2.46. The molecule has 2 amide bonds. The van der Waals surface area contributed by atoms with E-state index in [1.165, 1.54) is 4.31 Å². The van der Waals surface area contributed by atoms with E-state index in [1.54, 1.807) is 32.9 Å². The van der Waals surface area contributed by atoms with Crippen LogP contribution in [0.25, 0.3) is 0 Å². The average molecular weight is 480 g/mol. The first-order valence-electron chi connectivity index (χ1n) is 10.8. The number of esters is 2. The second-order valence-electron chi connectivity index (χ2n) is 8.09. The minimum Gasteiger partial charge on any atom is -0.463 e. The second kappa shape index (κ2) is 9.92. The largest absolute Gasteiger partial charge is 0.463 e. The number of urea groups is 1. The van der Waals surface area contributed by atoms with Gasteiger partial charge in [0.2, 0.25) is 10.0 Å². The van der Waals surface area contributed by atoms with Crippen LogP contribution in [0.4, 0.5) is 4.79 Å². The molecule has 0 spiro atoms. The summed E-state index contributed by atoms with van der Waals surface area (Å²) in [6.07, 6.45) is 0.833. The molecule has 180 valence electrons. The van der Waals surface area contributed by atoms with Crippen molar-refractivity contribution in [2.24, 2.45) is 0 Å². The zero-order valence-electron chi connectivity index (χ0n) is 19.2. The quantitative estimate of drug-likeness (QED) is 0.566. The molecule has 0 bridgehead atoms. The molecule has 0 saturated carbocycles. The molecule has 0 aromatic heterocycles. The summed E-state index contributed by atoms with van der Waals surface area (Å²) in [6, 6.07) is 2.07. The molecule has 33 heavy (non-hydrogen) atoms. The van der Waals surface area contributed by atoms with E-state index >= 15 is 0 Å². The van der Waals surface area contributed by atoms with Gasteiger partial charge in [-0.15, -0.1) is 0 Å². The van der Waals surface area contributed by atoms with Crippen molar-refractivity contribution in [2.45, 2.75) is 51.5 Å². The summed E-state index contributed by atoms with van der Waals surface area (Å²) in [5.41, 5.74) is 2.45. The van der Waals surface area contributed by atoms with Crippen LogP contribution in [-0.4, -0.2) is 63.0 Å². The van der Waals surface area contributed by atoms with Gasteiger partial charge in [-0.1, -0.05) is 17.7 Å². The number of carbonyl (C=O) groups excluding carboxylic acids is 3. The van der Waals surface area contributed by atoms with Gasteiger partial charge in [0.05, 0.1) is 29.3 Å². The Kier molecular flexibility index (Phi) is 7.43. The Morgan fingerprint density at radius 1 is 1.15 bits per heavy atom. The summed E-state index contributed by atoms with van der Waals surface area (Å²) in [7, 11) is -3.93. The summed E-state index contributed by atoms with van der Waals surface area (Å²) in [5, 5.41) is 4.93. The van der Waals surface area contributed by atoms with Gasteiger partial charge in [0.25, 0.3) is 0 Å². The van der Waals surface area contributed by atoms with Crippen molar-refractivity contribution in [3.8, 4) is 0 Å². The third-order valence-electron chi connectivity index (χ3n) is 5.58. The van der Waals surface area contributed by atoms with Crippen molar-refractivity contribution in [3.05, 3.63) is 40.1 Å². The summed E-state index contributed by atoms with van der Waals surface area (Å²) in [5.74, 6) is -1.37. The Morgan fingerprint density at radius 3 is 2.45 bits per heavy atom. The molecule has 1 unspecified atom stereocenters. The third kappa shape index (κ3) is 5.19. The summed E-state index contributed by atoms with van der Waals surface area (Å²) in [4.78, 5) is 36.9. The van der Waals surface area contributed by atoms with Crippen LogP contribution in [0.15, 0.2) is 28.3 Å². The fraction of sp³-hybridized carbons (Fsp3) is 0.500. The van der Waals surface area contributed by atoms with Gasteiger partial charge in [-0.05, 0) is 51.7 Å². The Hall–Kier alpha value is -2.92. The normalized spacial score (nSPS) is 19.2. The van der Waals surface area contributed by atoms with E-state index < -0.39 is 34.0 Å². The number of nitrogens with zero attached hydrogens (tertiary/aromatic N) is 1. The fourth-order valence-electron chi connectivity index (χ4n) is 4.26. The summed E-state index contributed by atoms with van der Waals surface area (Å²) >= 11 is 0. The van der Waals surface area contributed by atoms with Crippen LogP contribution in [0.1, 0.15) is 36.5 Å². The molecular weight excluding hydrogens is 450 g/mol. The minimum absolute atomic E-state index is 0.0620. The lowest BCUT2D eigenvalue weighted by atomic mass is 10.1. The van der Waals surface area contributed by atoms with Gasteiger partial charge in [0, 0.05) is 6.54 Å². The molecular formula is C22H29N3O7S. The number of aryl methyl sites for hydroxylation is 3. The summed E-state index contributed by atoms with van der Waals surface area (Å²) < 4.78 is 38.4. The number of hydrogen-bond donors (Lipinski definition) is 2. The van der Waals surface area contributed by atoms with Gasteiger partial charge >= 0.3 is 18.0 Å². The highest BCUT2D eigenvalue weighted by molar-refractivity contribution is 7.89. The predicted octanol–water partition coefficient (Wildman–Crippen LogP) is 1.44. The number of benzene rings is 1. The Balaban J connectivity index is 1.80. The number of sulfonamides is 1. The van der Waals surface area contributed by atoms with Crippen LogP contribution in [-0.2, 0) is 29.1 Å². The molecule has 1 fully saturated rings. The highest BCUT2D eigenvalue weighted by Crippen LogP contribution is 2.31. The Morgan fingerprint density at radius 2 is 1.82 bits per heavy atom. The lowest BCUT2D eigenvalue weighted by Gasteiger charge is -2.26. The molecule has 2 aliphatic rings. The lowest BCUT2D eigenvalue weighted by molar-refractivity contribution is -0.147. The standard InChI is InChI=1S/C22H29N3O7S/c1-5-31-20(26)16-11-23-22(28)24-17(16)12-32-21(27)18-7-6-8-25(18)33(29,30)19-14(3)9-13(2)10-15(19)4/h9-10,18H,5-8,11-12H2,1-4H3,(H2,23,24,28). The van der Waals surface area contributed by atoms with Gasteiger partial charge in [0.1, 0.15) is 12.6 Å². The SMILES string of the molecule is CCOC(=O)C1=C(COC(=O)C2CCCN2S(=O)(=O)c2c(C)cc(C)cc2C)NC(=O)NC1. The molecule has 1 aromatic rings. The Bertz CT molecular complexity index is 1090. The third-order valence-corrected chi connectivity index (χ3v) is 7.80. The van der Waals surface area contributed by atoms with Crippen LogP contribution >= 0.6 is 0 Å². The zero-order valence-corrected chi connectivity index (χ0v) is 20.0. The fourth-order valence-corrected chi connectivity index (χ4v) is 6.32. The predicted molar refractivity (Wildman–Crippen MR) is 119 cm³/mol. The zero-order chi connectivity index (χ0) is 24.3. The van der Waals surface area contributed by atoms with Gasteiger partial charge in [-0.2, -0.15) is 4.31 Å². The van der Waals surface area contributed by atoms with Crippen LogP contribution in [0, 0.1) is 20.8 Å². The maximum Gasteiger partial charge on any atom is 0.337 e. The molecule has 0 aliphatic carbocycles. The number of ether oxygens (including phenoxy) is 2. The number of amides is 2. The van der Waals surface area contributed by atoms with Crippen molar-refractivity contribution in [2.75, 3.05) is 26.3 Å². The van der Waals surface area contributed by atoms with Crippen molar-refractivity contribution < 1.29 is 32.3 Å². The maximum absolute atomic E-state index is 13.4. The highest BCUT2D eigenvalue weighted by Gasteiger charge is 2.41. The molecule has 10 nitrogen and oxygen atoms in total. The molecule has 1 aromatic carbocycles. The molecule has 1 atom stereocenters. The Labute approximate surface area is 193 Å². The van der Waals surface area contributed by atoms with E-state index in [-0.39, 0.29) is 42.5 Å². The van der Waals surface area contributed by atoms with E-state index in [2.05, 4.69) is 10.6 Å². The number of rotatable bonds is 7. The molecule has 1 saturated heterocycles. The molecule has 11 heteroatoms. The number of nitrogens with one attached hydrogen (secondary N) is 2. The van der Waals surface area contributed by atoms with E-state index in [0.29, 0.717) is 24.0 Å².